The van der Waals surface area contributed by atoms with Crippen LogP contribution in [0.4, 0.5) is 0 Å². The van der Waals surface area contributed by atoms with E-state index in [9.17, 15) is 0 Å². The van der Waals surface area contributed by atoms with Gasteiger partial charge in [0.25, 0.3) is 0 Å². The van der Waals surface area contributed by atoms with Gasteiger partial charge in [-0.05, 0) is 0 Å². The van der Waals surface area contributed by atoms with Crippen molar-refractivity contribution in [2.75, 3.05) is 0 Å². The van der Waals surface area contributed by atoms with E-state index in [2.05, 4.69) is 42.9 Å². The van der Waals surface area contributed by atoms with Gasteiger partial charge in [0.05, 0.1) is 4.21 Å². The minimum atomic E-state index is 0.656. The third-order valence-electron chi connectivity index (χ3n) is 0.581. The molecule has 1 aromatic rings. The summed E-state index contributed by atoms with van der Waals surface area (Å²) in [5.74, 6) is 0. The number of aromatic nitrogens is 1. The van der Waals surface area contributed by atoms with Gasteiger partial charge in [-0.25, -0.2) is 4.98 Å². The van der Waals surface area contributed by atoms with Crippen LogP contribution in [0.25, 0.3) is 0 Å². The van der Waals surface area contributed by atoms with Crippen LogP contribution in [0, 0.1) is 0 Å². The zero-order valence-electron chi connectivity index (χ0n) is 3.70. The van der Waals surface area contributed by atoms with Gasteiger partial charge in [-0.1, -0.05) is 0 Å². The maximum atomic E-state index is 4.05. The molecule has 0 saturated heterocycles. The molecule has 0 unspecified atom stereocenters. The highest BCUT2D eigenvalue weighted by atomic mass is 32.2. The second-order valence-electron chi connectivity index (χ2n) is 1.13. The maximum absolute atomic E-state index is 4.05. The van der Waals surface area contributed by atoms with Gasteiger partial charge in [0.15, 0.2) is 0 Å². The largest absolute Gasteiger partial charge is 0.223 e. The van der Waals surface area contributed by atoms with E-state index in [0.717, 1.165) is 4.21 Å². The third-order valence-corrected chi connectivity index (χ3v) is 2.75. The molecule has 1 aromatic heterocycles. The van der Waals surface area contributed by atoms with E-state index in [1.807, 2.05) is 0 Å². The van der Waals surface area contributed by atoms with Crippen molar-refractivity contribution >= 4 is 49.2 Å². The fraction of sp³-hybridized carbons (Fsp3) is 0. The molecule has 0 N–H and O–H groups in total. The second-order valence-corrected chi connectivity index (χ2v) is 4.02. The van der Waals surface area contributed by atoms with Gasteiger partial charge < -0.3 is 0 Å². The van der Waals surface area contributed by atoms with Crippen LogP contribution in [0.5, 0.6) is 0 Å². The number of hydrogen-bond acceptors (Lipinski definition) is 5. The van der Waals surface area contributed by atoms with E-state index in [-0.39, 0.29) is 0 Å². The molecule has 0 aliphatic rings. The van der Waals surface area contributed by atoms with E-state index in [1.54, 1.807) is 0 Å². The molecule has 44 valence electrons. The molecule has 1 nitrogen and oxygen atoms in total. The molecule has 0 fully saturated rings. The summed E-state index contributed by atoms with van der Waals surface area (Å²) < 4.78 is 1.53. The molecule has 5 heteroatoms. The fourth-order valence-electron chi connectivity index (χ4n) is 0.293. The lowest BCUT2D eigenvalue weighted by Gasteiger charge is -1.75. The minimum Gasteiger partial charge on any atom is -0.223 e. The summed E-state index contributed by atoms with van der Waals surface area (Å²) in [5, 5.41) is 0.656. The molecule has 1 rings (SSSR count). The van der Waals surface area contributed by atoms with Gasteiger partial charge in [-0.15, -0.1) is 49.2 Å². The summed E-state index contributed by atoms with van der Waals surface area (Å²) in [4.78, 5) is 3.88. The highest BCUT2D eigenvalue weighted by Gasteiger charge is 1.98. The zero-order valence-corrected chi connectivity index (χ0v) is 7.20. The van der Waals surface area contributed by atoms with Crippen molar-refractivity contribution in [1.82, 2.24) is 4.98 Å². The quantitative estimate of drug-likeness (QED) is 0.521. The first-order chi connectivity index (χ1) is 3.70. The van der Waals surface area contributed by atoms with Crippen LogP contribution in [0.15, 0.2) is 13.6 Å². The molecule has 0 spiro atoms. The van der Waals surface area contributed by atoms with Gasteiger partial charge in [0.2, 0.25) is 0 Å². The van der Waals surface area contributed by atoms with E-state index in [1.165, 1.54) is 11.3 Å². The Labute approximate surface area is 67.8 Å². The predicted octanol–water partition coefficient (Wildman–Crippen LogP) is 2.01. The molecule has 0 radical (unpaired) electrons. The molecule has 0 atom stereocenters. The lowest BCUT2D eigenvalue weighted by molar-refractivity contribution is 1.07. The van der Waals surface area contributed by atoms with Crippen LogP contribution in [0.2, 0.25) is 0 Å². The van der Waals surface area contributed by atoms with Gasteiger partial charge in [0.1, 0.15) is 9.37 Å². The molecule has 0 bridgehead atoms. The molecule has 0 aliphatic heterocycles. The average Bonchev–Trinajstić information content (AvgIpc) is 1.85. The van der Waals surface area contributed by atoms with E-state index < -0.39 is 0 Å². The average molecular weight is 181 g/mol. The van der Waals surface area contributed by atoms with Crippen molar-refractivity contribution in [3.8, 4) is 0 Å². The summed E-state index contributed by atoms with van der Waals surface area (Å²) >= 11 is 13.4. The Balaban J connectivity index is 3.14. The van der Waals surface area contributed by atoms with Crippen molar-refractivity contribution < 1.29 is 0 Å². The third kappa shape index (κ3) is 1.34. The van der Waals surface area contributed by atoms with Crippen molar-refractivity contribution in [2.45, 2.75) is 13.6 Å². The first kappa shape index (κ1) is 6.80. The van der Waals surface area contributed by atoms with Crippen LogP contribution in [0.1, 0.15) is 0 Å². The van der Waals surface area contributed by atoms with Crippen LogP contribution in [-0.4, -0.2) is 4.98 Å². The van der Waals surface area contributed by atoms with E-state index in [0.29, 0.717) is 9.37 Å². The Morgan fingerprint density at radius 3 is 2.00 bits per heavy atom. The van der Waals surface area contributed by atoms with Crippen molar-refractivity contribution in [1.29, 1.82) is 0 Å². The lowest BCUT2D eigenvalue weighted by Crippen LogP contribution is -1.60. The smallest absolute Gasteiger partial charge is 0.149 e. The van der Waals surface area contributed by atoms with Crippen molar-refractivity contribution in [2.24, 2.45) is 0 Å². The maximum Gasteiger partial charge on any atom is 0.149 e. The summed E-state index contributed by atoms with van der Waals surface area (Å²) in [5.41, 5.74) is 0. The predicted molar refractivity (Wildman–Crippen MR) is 43.9 cm³/mol. The van der Waals surface area contributed by atoms with Gasteiger partial charge in [-0.2, -0.15) is 0 Å². The Kier molecular flexibility index (Phi) is 2.13. The number of rotatable bonds is 0. The summed E-state index contributed by atoms with van der Waals surface area (Å²) in [6.45, 7) is 0. The summed E-state index contributed by atoms with van der Waals surface area (Å²) in [7, 11) is 0. The highest BCUT2D eigenvalue weighted by molar-refractivity contribution is 7.87. The molecule has 0 aromatic carbocycles. The van der Waals surface area contributed by atoms with Gasteiger partial charge in [-0.3, -0.25) is 0 Å². The monoisotopic (exact) mass is 181 g/mol. The Morgan fingerprint density at radius 1 is 1.25 bits per heavy atom. The summed E-state index contributed by atoms with van der Waals surface area (Å²) in [6, 6.07) is 0. The molecular weight excluding hydrogens is 178 g/mol. The van der Waals surface area contributed by atoms with E-state index >= 15 is 0 Å². The van der Waals surface area contributed by atoms with Crippen LogP contribution in [0.3, 0.4) is 0 Å². The zero-order chi connectivity index (χ0) is 6.15. The first-order valence-corrected chi connectivity index (χ1v) is 3.93. The number of nitrogens with zero attached hydrogens (tertiary/aromatic N) is 1. The molecular formula is C3H3NS4. The molecule has 0 aliphatic carbocycles. The normalized spacial score (nSPS) is 9.88. The number of thiol groups is 3. The molecule has 0 amide bonds. The molecule has 0 saturated carbocycles. The minimum absolute atomic E-state index is 0.656. The van der Waals surface area contributed by atoms with Crippen LogP contribution >= 0.6 is 49.2 Å². The highest BCUT2D eigenvalue weighted by Crippen LogP contribution is 2.26. The molecule has 8 heavy (non-hydrogen) atoms. The fourth-order valence-corrected chi connectivity index (χ4v) is 2.02. The van der Waals surface area contributed by atoms with Crippen molar-refractivity contribution in [3.63, 3.8) is 0 Å². The first-order valence-electron chi connectivity index (χ1n) is 1.78. The van der Waals surface area contributed by atoms with Crippen LogP contribution in [-0.2, 0) is 0 Å². The van der Waals surface area contributed by atoms with Crippen LogP contribution < -0.4 is 0 Å². The molecule has 1 heterocycles. The topological polar surface area (TPSA) is 12.9 Å². The Hall–Kier alpha value is 0.680. The summed E-state index contributed by atoms with van der Waals surface area (Å²) in [6.07, 6.45) is 0. The SMILES string of the molecule is Sc1nc(S)c(S)s1. The second kappa shape index (κ2) is 2.51. The lowest BCUT2D eigenvalue weighted by atomic mass is 11.0. The standard InChI is InChI=1S/C3H3NS4/c5-1-2(6)8-3(7)4-1/h5-6H,(H,4,7). The van der Waals surface area contributed by atoms with Crippen molar-refractivity contribution in [3.05, 3.63) is 0 Å². The van der Waals surface area contributed by atoms with Gasteiger partial charge >= 0.3 is 0 Å². The van der Waals surface area contributed by atoms with E-state index in [4.69, 9.17) is 0 Å². The Morgan fingerprint density at radius 2 is 1.88 bits per heavy atom. The Bertz CT molecular complexity index is 174. The number of thiazole rings is 1. The van der Waals surface area contributed by atoms with Gasteiger partial charge in [0, 0.05) is 0 Å². The number of hydrogen-bond donors (Lipinski definition) is 3.